The molecule has 4 nitrogen and oxygen atoms in total. The molecule has 0 heterocycles. The average Bonchev–Trinajstić information content (AvgIpc) is 2.49. The van der Waals surface area contributed by atoms with E-state index >= 15 is 0 Å². The lowest BCUT2D eigenvalue weighted by Crippen LogP contribution is -2.09. The second kappa shape index (κ2) is 6.63. The highest BCUT2D eigenvalue weighted by molar-refractivity contribution is 9.10. The minimum absolute atomic E-state index is 0.372. The number of benzene rings is 2. The van der Waals surface area contributed by atoms with E-state index in [-0.39, 0.29) is 0 Å². The molecule has 2 aromatic rings. The van der Waals surface area contributed by atoms with Crippen LogP contribution in [0.25, 0.3) is 0 Å². The number of ether oxygens (including phenoxy) is 3. The first-order valence-corrected chi connectivity index (χ1v) is 7.05. The topological polar surface area (TPSA) is 44.8 Å². The first-order chi connectivity index (χ1) is 10.0. The fraction of sp³-hybridized carbons (Fsp3) is 0.188. The van der Waals surface area contributed by atoms with Crippen molar-refractivity contribution in [2.24, 2.45) is 0 Å². The molecule has 110 valence electrons. The lowest BCUT2D eigenvalue weighted by Gasteiger charge is -2.12. The van der Waals surface area contributed by atoms with Gasteiger partial charge in [0, 0.05) is 10.0 Å². The molecule has 0 aliphatic heterocycles. The Kier molecular flexibility index (Phi) is 4.85. The van der Waals surface area contributed by atoms with E-state index in [1.54, 1.807) is 50.6 Å². The van der Waals surface area contributed by atoms with Crippen molar-refractivity contribution in [3.05, 3.63) is 52.0 Å². The monoisotopic (exact) mass is 350 g/mol. The van der Waals surface area contributed by atoms with Crippen molar-refractivity contribution in [3.8, 4) is 17.2 Å². The summed E-state index contributed by atoms with van der Waals surface area (Å²) < 4.78 is 16.7. The van der Waals surface area contributed by atoms with Gasteiger partial charge in [-0.1, -0.05) is 15.9 Å². The van der Waals surface area contributed by atoms with E-state index in [0.29, 0.717) is 22.8 Å². The highest BCUT2D eigenvalue weighted by Crippen LogP contribution is 2.30. The zero-order valence-electron chi connectivity index (χ0n) is 12.0. The van der Waals surface area contributed by atoms with Gasteiger partial charge in [0.1, 0.15) is 17.2 Å². The van der Waals surface area contributed by atoms with Gasteiger partial charge in [0.15, 0.2) is 0 Å². The second-order valence-electron chi connectivity index (χ2n) is 4.35. The van der Waals surface area contributed by atoms with Gasteiger partial charge in [-0.15, -0.1) is 0 Å². The maximum absolute atomic E-state index is 12.2. The zero-order chi connectivity index (χ0) is 15.4. The summed E-state index contributed by atoms with van der Waals surface area (Å²) in [5.41, 5.74) is 1.21. The van der Waals surface area contributed by atoms with Crippen LogP contribution in [0.5, 0.6) is 17.2 Å². The van der Waals surface area contributed by atoms with Crippen LogP contribution in [-0.4, -0.2) is 20.2 Å². The Labute approximate surface area is 131 Å². The van der Waals surface area contributed by atoms with Gasteiger partial charge in [-0.3, -0.25) is 0 Å². The minimum Gasteiger partial charge on any atom is -0.496 e. The van der Waals surface area contributed by atoms with Crippen molar-refractivity contribution in [3.63, 3.8) is 0 Å². The Morgan fingerprint density at radius 1 is 1.00 bits per heavy atom. The maximum atomic E-state index is 12.2. The summed E-state index contributed by atoms with van der Waals surface area (Å²) in [4.78, 5) is 12.2. The van der Waals surface area contributed by atoms with Crippen molar-refractivity contribution in [1.29, 1.82) is 0 Å². The van der Waals surface area contributed by atoms with E-state index in [9.17, 15) is 4.79 Å². The minimum atomic E-state index is -0.464. The maximum Gasteiger partial charge on any atom is 0.343 e. The summed E-state index contributed by atoms with van der Waals surface area (Å²) in [5.74, 6) is 1.17. The fourth-order valence-corrected chi connectivity index (χ4v) is 2.14. The third-order valence-corrected chi connectivity index (χ3v) is 3.54. The molecular formula is C16H15BrO4. The summed E-state index contributed by atoms with van der Waals surface area (Å²) in [6.07, 6.45) is 0. The third-order valence-electron chi connectivity index (χ3n) is 3.01. The molecule has 0 fully saturated rings. The van der Waals surface area contributed by atoms with Gasteiger partial charge in [-0.25, -0.2) is 4.79 Å². The number of halogens is 1. The fourth-order valence-electron chi connectivity index (χ4n) is 1.87. The Bertz CT molecular complexity index is 625. The first-order valence-electron chi connectivity index (χ1n) is 6.25. The molecule has 0 spiro atoms. The zero-order valence-corrected chi connectivity index (χ0v) is 13.6. The first kappa shape index (κ1) is 15.4. The molecular weight excluding hydrogens is 336 g/mol. The van der Waals surface area contributed by atoms with Crippen LogP contribution in [0, 0.1) is 6.92 Å². The SMILES string of the molecule is COc1cc(C(=O)Oc2ccc(Br)cc2)cc(OC)c1C. The van der Waals surface area contributed by atoms with Crippen molar-refractivity contribution >= 4 is 21.9 Å². The van der Waals surface area contributed by atoms with Gasteiger partial charge in [0.25, 0.3) is 0 Å². The molecule has 0 amide bonds. The summed E-state index contributed by atoms with van der Waals surface area (Å²) >= 11 is 3.33. The second-order valence-corrected chi connectivity index (χ2v) is 5.26. The highest BCUT2D eigenvalue weighted by Gasteiger charge is 2.15. The van der Waals surface area contributed by atoms with Crippen LogP contribution in [0.15, 0.2) is 40.9 Å². The molecule has 0 aliphatic rings. The summed E-state index contributed by atoms with van der Waals surface area (Å²) in [6.45, 7) is 1.86. The van der Waals surface area contributed by atoms with E-state index in [4.69, 9.17) is 14.2 Å². The largest absolute Gasteiger partial charge is 0.496 e. The van der Waals surface area contributed by atoms with Gasteiger partial charge in [-0.2, -0.15) is 0 Å². The Hall–Kier alpha value is -2.01. The molecule has 0 aliphatic carbocycles. The molecule has 0 saturated carbocycles. The Morgan fingerprint density at radius 2 is 1.52 bits per heavy atom. The van der Waals surface area contributed by atoms with E-state index in [0.717, 1.165) is 10.0 Å². The quantitative estimate of drug-likeness (QED) is 0.617. The molecule has 0 radical (unpaired) electrons. The molecule has 0 bridgehead atoms. The predicted molar refractivity (Wildman–Crippen MR) is 83.4 cm³/mol. The van der Waals surface area contributed by atoms with Crippen LogP contribution < -0.4 is 14.2 Å². The number of hydrogen-bond acceptors (Lipinski definition) is 4. The van der Waals surface area contributed by atoms with Crippen molar-refractivity contribution in [2.45, 2.75) is 6.92 Å². The lowest BCUT2D eigenvalue weighted by molar-refractivity contribution is 0.0734. The Balaban J connectivity index is 2.28. The molecule has 0 aromatic heterocycles. The van der Waals surface area contributed by atoms with Crippen LogP contribution in [0.2, 0.25) is 0 Å². The van der Waals surface area contributed by atoms with Crippen LogP contribution in [-0.2, 0) is 0 Å². The predicted octanol–water partition coefficient (Wildman–Crippen LogP) is 3.99. The van der Waals surface area contributed by atoms with Gasteiger partial charge in [0.2, 0.25) is 0 Å². The number of methoxy groups -OCH3 is 2. The summed E-state index contributed by atoms with van der Waals surface area (Å²) in [7, 11) is 3.09. The lowest BCUT2D eigenvalue weighted by atomic mass is 10.1. The van der Waals surface area contributed by atoms with Crippen LogP contribution in [0.4, 0.5) is 0 Å². The van der Waals surface area contributed by atoms with Gasteiger partial charge >= 0.3 is 5.97 Å². The van der Waals surface area contributed by atoms with Crippen molar-refractivity contribution < 1.29 is 19.0 Å². The van der Waals surface area contributed by atoms with Crippen LogP contribution in [0.1, 0.15) is 15.9 Å². The highest BCUT2D eigenvalue weighted by atomic mass is 79.9. The molecule has 2 aromatic carbocycles. The van der Waals surface area contributed by atoms with Crippen molar-refractivity contribution in [1.82, 2.24) is 0 Å². The average molecular weight is 351 g/mol. The van der Waals surface area contributed by atoms with E-state index in [1.807, 2.05) is 6.92 Å². The molecule has 0 atom stereocenters. The number of esters is 1. The normalized spacial score (nSPS) is 10.1. The van der Waals surface area contributed by atoms with Crippen LogP contribution in [0.3, 0.4) is 0 Å². The smallest absolute Gasteiger partial charge is 0.343 e. The van der Waals surface area contributed by atoms with E-state index in [1.165, 1.54) is 0 Å². The molecule has 21 heavy (non-hydrogen) atoms. The van der Waals surface area contributed by atoms with Gasteiger partial charge in [0.05, 0.1) is 19.8 Å². The van der Waals surface area contributed by atoms with Gasteiger partial charge in [-0.05, 0) is 43.3 Å². The molecule has 5 heteroatoms. The van der Waals surface area contributed by atoms with Crippen LogP contribution >= 0.6 is 15.9 Å². The number of carbonyl (C=O) groups is 1. The van der Waals surface area contributed by atoms with E-state index < -0.39 is 5.97 Å². The number of hydrogen-bond donors (Lipinski definition) is 0. The molecule has 0 N–H and O–H groups in total. The molecule has 2 rings (SSSR count). The van der Waals surface area contributed by atoms with E-state index in [2.05, 4.69) is 15.9 Å². The Morgan fingerprint density at radius 3 is 2.00 bits per heavy atom. The summed E-state index contributed by atoms with van der Waals surface area (Å²) in [6, 6.07) is 10.3. The number of carbonyl (C=O) groups excluding carboxylic acids is 1. The molecule has 0 saturated heterocycles. The number of rotatable bonds is 4. The van der Waals surface area contributed by atoms with Crippen molar-refractivity contribution in [2.75, 3.05) is 14.2 Å². The molecule has 0 unspecified atom stereocenters. The third kappa shape index (κ3) is 3.55. The standard InChI is InChI=1S/C16H15BrO4/c1-10-14(19-2)8-11(9-15(10)20-3)16(18)21-13-6-4-12(17)5-7-13/h4-9H,1-3H3. The van der Waals surface area contributed by atoms with Gasteiger partial charge < -0.3 is 14.2 Å². The summed E-state index contributed by atoms with van der Waals surface area (Å²) in [5, 5.41) is 0.